The summed E-state index contributed by atoms with van der Waals surface area (Å²) in [7, 11) is 0. The van der Waals surface area contributed by atoms with E-state index in [2.05, 4.69) is 52.4 Å². The van der Waals surface area contributed by atoms with Crippen LogP contribution in [0.4, 0.5) is 0 Å². The highest BCUT2D eigenvalue weighted by atomic mass is 79.9. The standard InChI is InChI=1S/C18H26BrNO/c1-2-3-16-12-18(9-11-21-16)8-10-20-13-17(18)14-4-6-15(19)7-5-14/h4-7,16-17,20H,2-3,8-13H2,1H3. The molecule has 2 heterocycles. The van der Waals surface area contributed by atoms with Gasteiger partial charge in [-0.15, -0.1) is 0 Å². The van der Waals surface area contributed by atoms with Gasteiger partial charge in [0.15, 0.2) is 0 Å². The Labute approximate surface area is 136 Å². The van der Waals surface area contributed by atoms with Gasteiger partial charge in [0.25, 0.3) is 0 Å². The molecule has 0 saturated carbocycles. The van der Waals surface area contributed by atoms with Crippen molar-refractivity contribution >= 4 is 15.9 Å². The molecule has 116 valence electrons. The van der Waals surface area contributed by atoms with Crippen LogP contribution in [0.5, 0.6) is 0 Å². The van der Waals surface area contributed by atoms with Gasteiger partial charge in [0.05, 0.1) is 6.10 Å². The number of rotatable bonds is 3. The van der Waals surface area contributed by atoms with Crippen LogP contribution >= 0.6 is 15.9 Å². The molecule has 2 nitrogen and oxygen atoms in total. The maximum absolute atomic E-state index is 6.02. The van der Waals surface area contributed by atoms with Gasteiger partial charge < -0.3 is 10.1 Å². The Hall–Kier alpha value is -0.380. The van der Waals surface area contributed by atoms with Crippen LogP contribution in [0.25, 0.3) is 0 Å². The molecule has 21 heavy (non-hydrogen) atoms. The maximum Gasteiger partial charge on any atom is 0.0580 e. The fourth-order valence-corrected chi connectivity index (χ4v) is 4.50. The number of piperidine rings is 1. The molecule has 0 radical (unpaired) electrons. The number of benzene rings is 1. The molecule has 0 aromatic heterocycles. The molecule has 3 heteroatoms. The topological polar surface area (TPSA) is 21.3 Å². The van der Waals surface area contributed by atoms with Crippen molar-refractivity contribution in [1.29, 1.82) is 0 Å². The molecule has 3 rings (SSSR count). The van der Waals surface area contributed by atoms with Gasteiger partial charge in [-0.3, -0.25) is 0 Å². The third kappa shape index (κ3) is 3.35. The summed E-state index contributed by atoms with van der Waals surface area (Å²) in [5.41, 5.74) is 1.93. The van der Waals surface area contributed by atoms with E-state index in [1.165, 1.54) is 42.1 Å². The summed E-state index contributed by atoms with van der Waals surface area (Å²) in [6.07, 6.45) is 6.65. The first-order valence-corrected chi connectivity index (χ1v) is 9.10. The quantitative estimate of drug-likeness (QED) is 0.865. The molecule has 0 aliphatic carbocycles. The second-order valence-electron chi connectivity index (χ2n) is 6.66. The number of hydrogen-bond acceptors (Lipinski definition) is 2. The van der Waals surface area contributed by atoms with Crippen molar-refractivity contribution in [3.63, 3.8) is 0 Å². The largest absolute Gasteiger partial charge is 0.378 e. The second kappa shape index (κ2) is 6.80. The third-order valence-corrected chi connectivity index (χ3v) is 5.89. The predicted octanol–water partition coefficient (Wildman–Crippen LogP) is 4.49. The summed E-state index contributed by atoms with van der Waals surface area (Å²) in [4.78, 5) is 0. The molecular formula is C18H26BrNO. The van der Waals surface area contributed by atoms with Gasteiger partial charge in [0, 0.05) is 23.5 Å². The maximum atomic E-state index is 6.02. The van der Waals surface area contributed by atoms with Crippen LogP contribution in [0.2, 0.25) is 0 Å². The molecule has 2 aliphatic heterocycles. The molecule has 1 aromatic carbocycles. The van der Waals surface area contributed by atoms with Gasteiger partial charge in [-0.05, 0) is 55.3 Å². The fraction of sp³-hybridized carbons (Fsp3) is 0.667. The molecule has 0 bridgehead atoms. The Bertz CT molecular complexity index is 455. The smallest absolute Gasteiger partial charge is 0.0580 e. The number of nitrogens with one attached hydrogen (secondary N) is 1. The Morgan fingerprint density at radius 2 is 2.10 bits per heavy atom. The Morgan fingerprint density at radius 1 is 1.29 bits per heavy atom. The minimum atomic E-state index is 0.442. The summed E-state index contributed by atoms with van der Waals surface area (Å²) in [5.74, 6) is 0.627. The van der Waals surface area contributed by atoms with Gasteiger partial charge in [0.2, 0.25) is 0 Å². The van der Waals surface area contributed by atoms with Crippen molar-refractivity contribution in [2.75, 3.05) is 19.7 Å². The van der Waals surface area contributed by atoms with Gasteiger partial charge in [-0.2, -0.15) is 0 Å². The minimum absolute atomic E-state index is 0.442. The lowest BCUT2D eigenvalue weighted by molar-refractivity contribution is -0.0711. The van der Waals surface area contributed by atoms with E-state index in [-0.39, 0.29) is 0 Å². The highest BCUT2D eigenvalue weighted by Crippen LogP contribution is 2.50. The van der Waals surface area contributed by atoms with E-state index in [9.17, 15) is 0 Å². The summed E-state index contributed by atoms with van der Waals surface area (Å²) >= 11 is 3.55. The fourth-order valence-electron chi connectivity index (χ4n) is 4.24. The van der Waals surface area contributed by atoms with E-state index in [0.29, 0.717) is 17.4 Å². The Morgan fingerprint density at radius 3 is 2.86 bits per heavy atom. The molecule has 2 saturated heterocycles. The van der Waals surface area contributed by atoms with Crippen molar-refractivity contribution < 1.29 is 4.74 Å². The van der Waals surface area contributed by atoms with Crippen LogP contribution in [0.1, 0.15) is 50.5 Å². The normalized spacial score (nSPS) is 33.2. The van der Waals surface area contributed by atoms with E-state index < -0.39 is 0 Å². The van der Waals surface area contributed by atoms with E-state index in [0.717, 1.165) is 19.7 Å². The van der Waals surface area contributed by atoms with Crippen molar-refractivity contribution in [3.8, 4) is 0 Å². The highest BCUT2D eigenvalue weighted by molar-refractivity contribution is 9.10. The zero-order valence-corrected chi connectivity index (χ0v) is 14.5. The van der Waals surface area contributed by atoms with Crippen LogP contribution in [0.3, 0.4) is 0 Å². The molecule has 2 fully saturated rings. The zero-order valence-electron chi connectivity index (χ0n) is 12.9. The number of hydrogen-bond donors (Lipinski definition) is 1. The summed E-state index contributed by atoms with van der Waals surface area (Å²) in [6, 6.07) is 8.96. The first kappa shape index (κ1) is 15.5. The van der Waals surface area contributed by atoms with Crippen molar-refractivity contribution in [1.82, 2.24) is 5.32 Å². The van der Waals surface area contributed by atoms with Crippen molar-refractivity contribution in [3.05, 3.63) is 34.3 Å². The predicted molar refractivity (Wildman–Crippen MR) is 90.7 cm³/mol. The lowest BCUT2D eigenvalue weighted by atomic mass is 9.62. The monoisotopic (exact) mass is 351 g/mol. The van der Waals surface area contributed by atoms with Crippen LogP contribution in [0.15, 0.2) is 28.7 Å². The van der Waals surface area contributed by atoms with Crippen LogP contribution in [0, 0.1) is 5.41 Å². The Balaban J connectivity index is 1.84. The molecule has 0 amide bonds. The van der Waals surface area contributed by atoms with Gasteiger partial charge in [0.1, 0.15) is 0 Å². The Kier molecular flexibility index (Phi) is 5.03. The van der Waals surface area contributed by atoms with E-state index >= 15 is 0 Å². The zero-order chi connectivity index (χ0) is 14.7. The van der Waals surface area contributed by atoms with E-state index in [1.807, 2.05) is 0 Å². The van der Waals surface area contributed by atoms with Gasteiger partial charge >= 0.3 is 0 Å². The summed E-state index contributed by atoms with van der Waals surface area (Å²) in [6.45, 7) is 5.48. The molecule has 1 N–H and O–H groups in total. The molecule has 3 unspecified atom stereocenters. The first-order chi connectivity index (χ1) is 10.2. The van der Waals surface area contributed by atoms with Crippen molar-refractivity contribution in [2.24, 2.45) is 5.41 Å². The molecule has 1 spiro atoms. The van der Waals surface area contributed by atoms with E-state index in [4.69, 9.17) is 4.74 Å². The molecular weight excluding hydrogens is 326 g/mol. The third-order valence-electron chi connectivity index (χ3n) is 5.36. The molecule has 1 aromatic rings. The molecule has 2 aliphatic rings. The highest BCUT2D eigenvalue weighted by Gasteiger charge is 2.44. The number of halogens is 1. The average Bonchev–Trinajstić information content (AvgIpc) is 2.49. The van der Waals surface area contributed by atoms with E-state index in [1.54, 1.807) is 0 Å². The number of ether oxygens (including phenoxy) is 1. The van der Waals surface area contributed by atoms with Crippen molar-refractivity contribution in [2.45, 2.75) is 51.0 Å². The van der Waals surface area contributed by atoms with Crippen LogP contribution in [-0.2, 0) is 4.74 Å². The summed E-state index contributed by atoms with van der Waals surface area (Å²) in [5, 5.41) is 3.61. The van der Waals surface area contributed by atoms with Gasteiger partial charge in [-0.25, -0.2) is 0 Å². The first-order valence-electron chi connectivity index (χ1n) is 8.31. The lowest BCUT2D eigenvalue weighted by Gasteiger charge is -2.49. The van der Waals surface area contributed by atoms with Gasteiger partial charge in [-0.1, -0.05) is 41.4 Å². The van der Waals surface area contributed by atoms with Crippen LogP contribution < -0.4 is 5.32 Å². The second-order valence-corrected chi connectivity index (χ2v) is 7.57. The molecule has 3 atom stereocenters. The van der Waals surface area contributed by atoms with Crippen LogP contribution in [-0.4, -0.2) is 25.8 Å². The average molecular weight is 352 g/mol. The minimum Gasteiger partial charge on any atom is -0.378 e. The lowest BCUT2D eigenvalue weighted by Crippen LogP contribution is -2.48. The SMILES string of the molecule is CCCC1CC2(CCNCC2c2ccc(Br)cc2)CCO1. The summed E-state index contributed by atoms with van der Waals surface area (Å²) < 4.78 is 7.19.